The van der Waals surface area contributed by atoms with Crippen molar-refractivity contribution in [2.24, 2.45) is 0 Å². The molecule has 26 heavy (non-hydrogen) atoms. The van der Waals surface area contributed by atoms with E-state index in [0.717, 1.165) is 44.1 Å². The molecule has 8 nitrogen and oxygen atoms in total. The van der Waals surface area contributed by atoms with Crippen LogP contribution in [0.5, 0.6) is 0 Å². The normalized spacial score (nSPS) is 14.9. The second-order valence-electron chi connectivity index (χ2n) is 6.18. The number of hydrogen-bond acceptors (Lipinski definition) is 7. The Hall–Kier alpha value is -2.74. The summed E-state index contributed by atoms with van der Waals surface area (Å²) < 4.78 is 0. The highest BCUT2D eigenvalue weighted by Gasteiger charge is 2.16. The smallest absolute Gasteiger partial charge is 0.271 e. The third-order valence-electron chi connectivity index (χ3n) is 4.55. The molecule has 2 aromatic heterocycles. The maximum absolute atomic E-state index is 11.5. The second kappa shape index (κ2) is 8.57. The fourth-order valence-corrected chi connectivity index (χ4v) is 2.91. The van der Waals surface area contributed by atoms with E-state index in [0.29, 0.717) is 18.1 Å². The molecular weight excluding hydrogens is 330 g/mol. The lowest BCUT2D eigenvalue weighted by molar-refractivity contribution is 0.0957. The molecule has 1 aliphatic heterocycles. The fourth-order valence-electron chi connectivity index (χ4n) is 2.91. The highest BCUT2D eigenvalue weighted by atomic mass is 16.1. The third kappa shape index (κ3) is 4.45. The van der Waals surface area contributed by atoms with Crippen molar-refractivity contribution in [1.82, 2.24) is 25.4 Å². The van der Waals surface area contributed by atoms with Gasteiger partial charge >= 0.3 is 0 Å². The van der Waals surface area contributed by atoms with E-state index in [2.05, 4.69) is 48.6 Å². The van der Waals surface area contributed by atoms with Gasteiger partial charge in [-0.3, -0.25) is 4.79 Å². The Morgan fingerprint density at radius 1 is 1.15 bits per heavy atom. The molecule has 0 aliphatic carbocycles. The van der Waals surface area contributed by atoms with E-state index in [-0.39, 0.29) is 5.91 Å². The summed E-state index contributed by atoms with van der Waals surface area (Å²) in [5.74, 6) is 1.40. The lowest BCUT2D eigenvalue weighted by Crippen LogP contribution is -2.46. The van der Waals surface area contributed by atoms with Crippen LogP contribution in [-0.4, -0.2) is 65.8 Å². The molecule has 1 amide bonds. The maximum atomic E-state index is 11.5. The van der Waals surface area contributed by atoms with Gasteiger partial charge in [-0.15, -0.1) is 10.2 Å². The quantitative estimate of drug-likeness (QED) is 0.799. The zero-order chi connectivity index (χ0) is 18.4. The van der Waals surface area contributed by atoms with Gasteiger partial charge < -0.3 is 20.4 Å². The van der Waals surface area contributed by atoms with Gasteiger partial charge in [-0.25, -0.2) is 4.98 Å². The van der Waals surface area contributed by atoms with Crippen LogP contribution in [0.15, 0.2) is 30.5 Å². The molecule has 0 aromatic carbocycles. The van der Waals surface area contributed by atoms with Crippen LogP contribution in [0.2, 0.25) is 0 Å². The average molecular weight is 355 g/mol. The van der Waals surface area contributed by atoms with Gasteiger partial charge in [0, 0.05) is 46.0 Å². The summed E-state index contributed by atoms with van der Waals surface area (Å²) in [6, 6.07) is 7.51. The number of pyridine rings is 1. The van der Waals surface area contributed by atoms with E-state index in [1.807, 2.05) is 12.3 Å². The van der Waals surface area contributed by atoms with Crippen LogP contribution in [0.1, 0.15) is 23.0 Å². The molecule has 0 bridgehead atoms. The molecule has 2 N–H and O–H groups in total. The number of aromatic nitrogens is 3. The zero-order valence-corrected chi connectivity index (χ0v) is 15.3. The molecule has 1 fully saturated rings. The summed E-state index contributed by atoms with van der Waals surface area (Å²) in [4.78, 5) is 20.8. The van der Waals surface area contributed by atoms with Crippen molar-refractivity contribution >= 4 is 17.5 Å². The first-order chi connectivity index (χ1) is 12.7. The zero-order valence-electron chi connectivity index (χ0n) is 15.3. The predicted molar refractivity (Wildman–Crippen MR) is 101 cm³/mol. The molecule has 138 valence electrons. The Bertz CT molecular complexity index is 727. The topological polar surface area (TPSA) is 86.3 Å². The summed E-state index contributed by atoms with van der Waals surface area (Å²) in [6.45, 7) is 8.09. The molecule has 1 aliphatic rings. The second-order valence-corrected chi connectivity index (χ2v) is 6.18. The molecule has 0 saturated carbocycles. The van der Waals surface area contributed by atoms with E-state index in [4.69, 9.17) is 0 Å². The van der Waals surface area contributed by atoms with Crippen LogP contribution in [0.3, 0.4) is 0 Å². The van der Waals surface area contributed by atoms with Crippen molar-refractivity contribution in [2.45, 2.75) is 13.5 Å². The lowest BCUT2D eigenvalue weighted by Gasteiger charge is -2.34. The number of carbonyl (C=O) groups excluding carboxylic acids is 1. The summed E-state index contributed by atoms with van der Waals surface area (Å²) in [6.07, 6.45) is 1.85. The van der Waals surface area contributed by atoms with E-state index < -0.39 is 0 Å². The average Bonchev–Trinajstić information content (AvgIpc) is 2.72. The number of nitrogens with one attached hydrogen (secondary N) is 2. The number of amides is 1. The maximum Gasteiger partial charge on any atom is 0.271 e. The lowest BCUT2D eigenvalue weighted by atomic mass is 10.2. The van der Waals surface area contributed by atoms with E-state index in [9.17, 15) is 4.79 Å². The van der Waals surface area contributed by atoms with Crippen molar-refractivity contribution < 1.29 is 4.79 Å². The monoisotopic (exact) mass is 355 g/mol. The number of hydrogen-bond donors (Lipinski definition) is 2. The van der Waals surface area contributed by atoms with Gasteiger partial charge in [-0.1, -0.05) is 6.92 Å². The molecule has 1 saturated heterocycles. The minimum absolute atomic E-state index is 0.244. The van der Waals surface area contributed by atoms with E-state index in [1.165, 1.54) is 0 Å². The highest BCUT2D eigenvalue weighted by molar-refractivity contribution is 5.91. The van der Waals surface area contributed by atoms with Gasteiger partial charge in [-0.2, -0.15) is 0 Å². The van der Waals surface area contributed by atoms with Gasteiger partial charge in [0.25, 0.3) is 5.91 Å². The molecular formula is C18H25N7O. The highest BCUT2D eigenvalue weighted by Crippen LogP contribution is 2.16. The number of rotatable bonds is 6. The van der Waals surface area contributed by atoms with E-state index >= 15 is 0 Å². The minimum atomic E-state index is -0.244. The Morgan fingerprint density at radius 2 is 1.96 bits per heavy atom. The number of anilines is 2. The van der Waals surface area contributed by atoms with Crippen molar-refractivity contribution in [2.75, 3.05) is 50.0 Å². The Labute approximate surface area is 153 Å². The molecule has 8 heteroatoms. The SMILES string of the molecule is CCN1CCN(c2cc(CNc3ccc(C(=O)NC)nn3)ccn2)CC1. The van der Waals surface area contributed by atoms with Gasteiger partial charge in [0.05, 0.1) is 0 Å². The molecule has 3 rings (SSSR count). The molecule has 0 unspecified atom stereocenters. The first-order valence-corrected chi connectivity index (χ1v) is 8.91. The third-order valence-corrected chi connectivity index (χ3v) is 4.55. The Balaban J connectivity index is 1.58. The molecule has 0 spiro atoms. The molecule has 3 heterocycles. The Kier molecular flexibility index (Phi) is 5.96. The predicted octanol–water partition coefficient (Wildman–Crippen LogP) is 0.985. The standard InChI is InChI=1S/C18H25N7O/c1-3-24-8-10-25(11-9-24)17-12-14(6-7-20-17)13-21-16-5-4-15(22-23-16)18(26)19-2/h4-7,12H,3,8-11,13H2,1-2H3,(H,19,26)(H,21,23). The van der Waals surface area contributed by atoms with Crippen LogP contribution in [0.4, 0.5) is 11.6 Å². The number of piperazine rings is 1. The van der Waals surface area contributed by atoms with Gasteiger partial charge in [0.15, 0.2) is 5.69 Å². The van der Waals surface area contributed by atoms with Crippen LogP contribution >= 0.6 is 0 Å². The van der Waals surface area contributed by atoms with E-state index in [1.54, 1.807) is 19.2 Å². The summed E-state index contributed by atoms with van der Waals surface area (Å²) in [7, 11) is 1.57. The summed E-state index contributed by atoms with van der Waals surface area (Å²) in [5.41, 5.74) is 1.43. The van der Waals surface area contributed by atoms with Crippen LogP contribution < -0.4 is 15.5 Å². The summed E-state index contributed by atoms with van der Waals surface area (Å²) >= 11 is 0. The molecule has 2 aromatic rings. The fraction of sp³-hybridized carbons (Fsp3) is 0.444. The molecule has 0 radical (unpaired) electrons. The van der Waals surface area contributed by atoms with Crippen molar-refractivity contribution in [3.05, 3.63) is 41.7 Å². The van der Waals surface area contributed by atoms with Crippen molar-refractivity contribution in [3.8, 4) is 0 Å². The first-order valence-electron chi connectivity index (χ1n) is 8.91. The van der Waals surface area contributed by atoms with Crippen LogP contribution in [0, 0.1) is 0 Å². The first kappa shape index (κ1) is 18.1. The minimum Gasteiger partial charge on any atom is -0.365 e. The Morgan fingerprint density at radius 3 is 2.62 bits per heavy atom. The molecule has 0 atom stereocenters. The number of carbonyl (C=O) groups is 1. The van der Waals surface area contributed by atoms with Crippen LogP contribution in [0.25, 0.3) is 0 Å². The number of nitrogens with zero attached hydrogens (tertiary/aromatic N) is 5. The van der Waals surface area contributed by atoms with Gasteiger partial charge in [0.1, 0.15) is 11.6 Å². The van der Waals surface area contributed by atoms with Gasteiger partial charge in [0.2, 0.25) is 0 Å². The largest absolute Gasteiger partial charge is 0.365 e. The number of likely N-dealkylation sites (N-methyl/N-ethyl adjacent to an activating group) is 1. The van der Waals surface area contributed by atoms with Crippen LogP contribution in [-0.2, 0) is 6.54 Å². The van der Waals surface area contributed by atoms with Gasteiger partial charge in [-0.05, 0) is 36.4 Å². The van der Waals surface area contributed by atoms with Crippen molar-refractivity contribution in [1.29, 1.82) is 0 Å². The summed E-state index contributed by atoms with van der Waals surface area (Å²) in [5, 5.41) is 13.7. The van der Waals surface area contributed by atoms with Crippen molar-refractivity contribution in [3.63, 3.8) is 0 Å².